The highest BCUT2D eigenvalue weighted by Crippen LogP contribution is 2.40. The lowest BCUT2D eigenvalue weighted by atomic mass is 9.87. The van der Waals surface area contributed by atoms with Crippen LogP contribution in [0.1, 0.15) is 18.4 Å². The van der Waals surface area contributed by atoms with E-state index < -0.39 is 0 Å². The zero-order valence-corrected chi connectivity index (χ0v) is 11.7. The highest BCUT2D eigenvalue weighted by molar-refractivity contribution is 9.10. The molecule has 0 amide bonds. The minimum atomic E-state index is 0.333. The third-order valence-electron chi connectivity index (χ3n) is 4.04. The molecule has 1 unspecified atom stereocenters. The van der Waals surface area contributed by atoms with Crippen molar-refractivity contribution in [1.82, 2.24) is 0 Å². The predicted molar refractivity (Wildman–Crippen MR) is 73.6 cm³/mol. The van der Waals surface area contributed by atoms with Crippen molar-refractivity contribution in [3.05, 3.63) is 28.2 Å². The van der Waals surface area contributed by atoms with Gasteiger partial charge in [0.25, 0.3) is 0 Å². The molecule has 18 heavy (non-hydrogen) atoms. The van der Waals surface area contributed by atoms with E-state index in [0.717, 1.165) is 48.4 Å². The van der Waals surface area contributed by atoms with E-state index in [1.54, 1.807) is 0 Å². The molecule has 2 saturated heterocycles. The summed E-state index contributed by atoms with van der Waals surface area (Å²) in [7, 11) is 0. The van der Waals surface area contributed by atoms with Crippen molar-refractivity contribution in [2.24, 2.45) is 5.41 Å². The van der Waals surface area contributed by atoms with Gasteiger partial charge in [0.15, 0.2) is 0 Å². The van der Waals surface area contributed by atoms with Crippen LogP contribution in [0.3, 0.4) is 0 Å². The van der Waals surface area contributed by atoms with Crippen molar-refractivity contribution >= 4 is 21.6 Å². The average Bonchev–Trinajstić information content (AvgIpc) is 3.00. The van der Waals surface area contributed by atoms with Crippen LogP contribution in [0.2, 0.25) is 0 Å². The molecule has 0 aromatic heterocycles. The van der Waals surface area contributed by atoms with Gasteiger partial charge in [-0.25, -0.2) is 0 Å². The van der Waals surface area contributed by atoms with E-state index in [1.807, 2.05) is 18.2 Å². The van der Waals surface area contributed by atoms with Crippen LogP contribution in [0.5, 0.6) is 0 Å². The summed E-state index contributed by atoms with van der Waals surface area (Å²) in [5.74, 6) is 0. The highest BCUT2D eigenvalue weighted by atomic mass is 79.9. The first-order valence-electron chi connectivity index (χ1n) is 6.25. The monoisotopic (exact) mass is 306 g/mol. The van der Waals surface area contributed by atoms with E-state index in [0.29, 0.717) is 5.41 Å². The molecule has 94 valence electrons. The third-order valence-corrected chi connectivity index (χ3v) is 4.54. The normalized spacial score (nSPS) is 26.8. The molecule has 2 heterocycles. The Morgan fingerprint density at radius 1 is 1.39 bits per heavy atom. The quantitative estimate of drug-likeness (QED) is 0.800. The fraction of sp³-hybridized carbons (Fsp3) is 0.500. The first-order chi connectivity index (χ1) is 8.72. The van der Waals surface area contributed by atoms with E-state index in [1.165, 1.54) is 6.42 Å². The smallest absolute Gasteiger partial charge is 0.101 e. The first-order valence-corrected chi connectivity index (χ1v) is 7.04. The van der Waals surface area contributed by atoms with Crippen molar-refractivity contribution in [2.45, 2.75) is 12.8 Å². The Kier molecular flexibility index (Phi) is 3.04. The fourth-order valence-corrected chi connectivity index (χ4v) is 3.35. The lowest BCUT2D eigenvalue weighted by Crippen LogP contribution is -2.27. The van der Waals surface area contributed by atoms with Crippen LogP contribution in [0.4, 0.5) is 5.69 Å². The largest absolute Gasteiger partial charge is 0.381 e. The predicted octanol–water partition coefficient (Wildman–Crippen LogP) is 2.94. The van der Waals surface area contributed by atoms with E-state index in [9.17, 15) is 5.26 Å². The Hall–Kier alpha value is -1.05. The Bertz CT molecular complexity index is 503. The second kappa shape index (κ2) is 4.56. The summed E-state index contributed by atoms with van der Waals surface area (Å²) in [6, 6.07) is 8.23. The van der Waals surface area contributed by atoms with Gasteiger partial charge in [-0.1, -0.05) is 15.9 Å². The lowest BCUT2D eigenvalue weighted by Gasteiger charge is -2.24. The molecule has 0 radical (unpaired) electrons. The molecule has 4 heteroatoms. The van der Waals surface area contributed by atoms with Crippen LogP contribution in [-0.2, 0) is 4.74 Å². The minimum absolute atomic E-state index is 0.333. The summed E-state index contributed by atoms with van der Waals surface area (Å²) in [6.07, 6.45) is 2.33. The van der Waals surface area contributed by atoms with Gasteiger partial charge in [0, 0.05) is 29.6 Å². The van der Waals surface area contributed by atoms with Gasteiger partial charge >= 0.3 is 0 Å². The van der Waals surface area contributed by atoms with E-state index >= 15 is 0 Å². The molecular formula is C14H15BrN2O. The van der Waals surface area contributed by atoms with Gasteiger partial charge < -0.3 is 9.64 Å². The van der Waals surface area contributed by atoms with Gasteiger partial charge in [0.1, 0.15) is 6.07 Å². The number of anilines is 1. The van der Waals surface area contributed by atoms with Gasteiger partial charge in [-0.05, 0) is 31.0 Å². The third kappa shape index (κ3) is 2.02. The number of nitriles is 1. The van der Waals surface area contributed by atoms with Crippen LogP contribution in [0.15, 0.2) is 22.7 Å². The summed E-state index contributed by atoms with van der Waals surface area (Å²) in [4.78, 5) is 2.33. The minimum Gasteiger partial charge on any atom is -0.381 e. The molecule has 0 N–H and O–H groups in total. The molecule has 2 aliphatic rings. The highest BCUT2D eigenvalue weighted by Gasteiger charge is 2.41. The van der Waals surface area contributed by atoms with Crippen molar-refractivity contribution < 1.29 is 4.74 Å². The summed E-state index contributed by atoms with van der Waals surface area (Å²) < 4.78 is 6.50. The summed E-state index contributed by atoms with van der Waals surface area (Å²) in [5, 5.41) is 9.24. The fourth-order valence-electron chi connectivity index (χ4n) is 2.99. The lowest BCUT2D eigenvalue weighted by molar-refractivity contribution is 0.160. The zero-order chi connectivity index (χ0) is 12.6. The maximum absolute atomic E-state index is 9.24. The number of hydrogen-bond acceptors (Lipinski definition) is 3. The summed E-state index contributed by atoms with van der Waals surface area (Å²) in [6.45, 7) is 3.81. The SMILES string of the molecule is N#Cc1cc(Br)ccc1N1CCC2(CCOC2)C1. The molecule has 0 aliphatic carbocycles. The zero-order valence-electron chi connectivity index (χ0n) is 10.2. The molecule has 2 aliphatic heterocycles. The second-order valence-electron chi connectivity index (χ2n) is 5.25. The molecule has 3 nitrogen and oxygen atoms in total. The molecule has 3 rings (SSSR count). The maximum Gasteiger partial charge on any atom is 0.101 e. The molecule has 0 saturated carbocycles. The Labute approximate surface area is 115 Å². The summed E-state index contributed by atoms with van der Waals surface area (Å²) >= 11 is 3.42. The van der Waals surface area contributed by atoms with E-state index in [2.05, 4.69) is 26.9 Å². The molecule has 1 spiro atoms. The van der Waals surface area contributed by atoms with Crippen LogP contribution >= 0.6 is 15.9 Å². The molecule has 1 aromatic rings. The Balaban J connectivity index is 1.86. The Morgan fingerprint density at radius 2 is 2.28 bits per heavy atom. The Morgan fingerprint density at radius 3 is 3.00 bits per heavy atom. The molecule has 1 aromatic carbocycles. The van der Waals surface area contributed by atoms with E-state index in [-0.39, 0.29) is 0 Å². The van der Waals surface area contributed by atoms with Crippen LogP contribution < -0.4 is 4.90 Å². The van der Waals surface area contributed by atoms with Gasteiger partial charge in [-0.15, -0.1) is 0 Å². The average molecular weight is 307 g/mol. The van der Waals surface area contributed by atoms with Gasteiger partial charge in [-0.3, -0.25) is 0 Å². The van der Waals surface area contributed by atoms with Crippen LogP contribution in [-0.4, -0.2) is 26.3 Å². The number of halogens is 1. The number of rotatable bonds is 1. The first kappa shape index (κ1) is 12.0. The molecule has 2 fully saturated rings. The van der Waals surface area contributed by atoms with Gasteiger partial charge in [-0.2, -0.15) is 5.26 Å². The van der Waals surface area contributed by atoms with Crippen molar-refractivity contribution in [1.29, 1.82) is 5.26 Å². The van der Waals surface area contributed by atoms with Crippen molar-refractivity contribution in [3.8, 4) is 6.07 Å². The number of hydrogen-bond donors (Lipinski definition) is 0. The van der Waals surface area contributed by atoms with Crippen LogP contribution in [0.25, 0.3) is 0 Å². The second-order valence-corrected chi connectivity index (χ2v) is 6.16. The van der Waals surface area contributed by atoms with E-state index in [4.69, 9.17) is 4.74 Å². The molecule has 1 atom stereocenters. The standard InChI is InChI=1S/C14H15BrN2O/c15-12-1-2-13(11(7-12)8-16)17-5-3-14(9-17)4-6-18-10-14/h1-2,7H,3-6,9-10H2. The van der Waals surface area contributed by atoms with Crippen molar-refractivity contribution in [2.75, 3.05) is 31.2 Å². The van der Waals surface area contributed by atoms with Crippen molar-refractivity contribution in [3.63, 3.8) is 0 Å². The van der Waals surface area contributed by atoms with Gasteiger partial charge in [0.05, 0.1) is 17.9 Å². The van der Waals surface area contributed by atoms with Crippen LogP contribution in [0, 0.1) is 16.7 Å². The molecular weight excluding hydrogens is 292 g/mol. The van der Waals surface area contributed by atoms with Gasteiger partial charge in [0.2, 0.25) is 0 Å². The maximum atomic E-state index is 9.24. The molecule has 0 bridgehead atoms. The number of benzene rings is 1. The summed E-state index contributed by atoms with van der Waals surface area (Å²) in [5.41, 5.74) is 2.14. The number of nitrogens with zero attached hydrogens (tertiary/aromatic N) is 2. The topological polar surface area (TPSA) is 36.3 Å². The number of ether oxygens (including phenoxy) is 1.